The minimum Gasteiger partial charge on any atom is -0.497 e. The van der Waals surface area contributed by atoms with E-state index in [1.54, 1.807) is 51.4 Å². The van der Waals surface area contributed by atoms with Crippen molar-refractivity contribution in [1.29, 1.82) is 0 Å². The zero-order chi connectivity index (χ0) is 21.6. The van der Waals surface area contributed by atoms with Crippen molar-refractivity contribution in [3.8, 4) is 5.75 Å². The van der Waals surface area contributed by atoms with Crippen molar-refractivity contribution in [3.63, 3.8) is 0 Å². The molecule has 2 N–H and O–H groups in total. The average molecular weight is 400 g/mol. The number of nitrogens with one attached hydrogen (secondary N) is 2. The lowest BCUT2D eigenvalue weighted by atomic mass is 10.1. The van der Waals surface area contributed by atoms with E-state index in [-0.39, 0.29) is 30.4 Å². The van der Waals surface area contributed by atoms with Gasteiger partial charge < -0.3 is 15.4 Å². The number of carbonyl (C=O) groups is 2. The number of hydrogen-bond donors (Lipinski definition) is 2. The lowest BCUT2D eigenvalue weighted by molar-refractivity contribution is -0.384. The number of nitro benzene ring substituents is 1. The molecular weight excluding hydrogens is 376 g/mol. The number of hydrogen-bond acceptors (Lipinski definition) is 6. The normalized spacial score (nSPS) is 10.5. The number of carbonyl (C=O) groups excluding carboxylic acids is 2. The van der Waals surface area contributed by atoms with Crippen LogP contribution in [0.15, 0.2) is 36.4 Å². The molecule has 154 valence electrons. The van der Waals surface area contributed by atoms with Gasteiger partial charge in [-0.1, -0.05) is 0 Å². The van der Waals surface area contributed by atoms with Gasteiger partial charge in [0.25, 0.3) is 5.69 Å². The van der Waals surface area contributed by atoms with Crippen molar-refractivity contribution in [2.45, 2.75) is 13.8 Å². The van der Waals surface area contributed by atoms with E-state index < -0.39 is 10.8 Å². The lowest BCUT2D eigenvalue weighted by Gasteiger charge is -2.16. The van der Waals surface area contributed by atoms with Crippen LogP contribution in [0.3, 0.4) is 0 Å². The number of amides is 2. The van der Waals surface area contributed by atoms with Crippen LogP contribution in [-0.4, -0.2) is 48.9 Å². The zero-order valence-electron chi connectivity index (χ0n) is 16.8. The smallest absolute Gasteiger partial charge is 0.293 e. The van der Waals surface area contributed by atoms with E-state index in [0.29, 0.717) is 11.4 Å². The van der Waals surface area contributed by atoms with Crippen LogP contribution in [0, 0.1) is 24.0 Å². The predicted octanol–water partition coefficient (Wildman–Crippen LogP) is 2.73. The van der Waals surface area contributed by atoms with Crippen LogP contribution in [0.2, 0.25) is 0 Å². The van der Waals surface area contributed by atoms with Gasteiger partial charge in [-0.2, -0.15) is 0 Å². The lowest BCUT2D eigenvalue weighted by Crippen LogP contribution is -2.36. The van der Waals surface area contributed by atoms with Gasteiger partial charge in [-0.3, -0.25) is 24.6 Å². The van der Waals surface area contributed by atoms with Gasteiger partial charge >= 0.3 is 0 Å². The molecule has 0 aromatic heterocycles. The maximum atomic E-state index is 12.3. The van der Waals surface area contributed by atoms with E-state index in [1.165, 1.54) is 11.0 Å². The van der Waals surface area contributed by atoms with E-state index >= 15 is 0 Å². The third-order valence-electron chi connectivity index (χ3n) is 4.28. The van der Waals surface area contributed by atoms with Gasteiger partial charge in [0, 0.05) is 11.8 Å². The number of benzene rings is 2. The van der Waals surface area contributed by atoms with Gasteiger partial charge in [0.1, 0.15) is 11.4 Å². The van der Waals surface area contributed by atoms with Gasteiger partial charge in [0.05, 0.1) is 25.1 Å². The van der Waals surface area contributed by atoms with Crippen molar-refractivity contribution in [2.24, 2.45) is 0 Å². The Kier molecular flexibility index (Phi) is 7.27. The first-order chi connectivity index (χ1) is 13.7. The molecular formula is C20H24N4O5. The SMILES string of the molecule is COc1ccc(NC(=O)CN(C)CC(=O)Nc2cc(C)c(C)cc2[N+](=O)[O-])cc1. The molecule has 0 aliphatic heterocycles. The summed E-state index contributed by atoms with van der Waals surface area (Å²) in [4.78, 5) is 36.6. The van der Waals surface area contributed by atoms with E-state index in [1.807, 2.05) is 6.92 Å². The quantitative estimate of drug-likeness (QED) is 0.520. The molecule has 0 atom stereocenters. The molecule has 2 aromatic carbocycles. The van der Waals surface area contributed by atoms with E-state index in [2.05, 4.69) is 10.6 Å². The fourth-order valence-electron chi connectivity index (χ4n) is 2.66. The van der Waals surface area contributed by atoms with Crippen LogP contribution in [-0.2, 0) is 9.59 Å². The third-order valence-corrected chi connectivity index (χ3v) is 4.28. The number of aryl methyl sites for hydroxylation is 2. The molecule has 0 radical (unpaired) electrons. The summed E-state index contributed by atoms with van der Waals surface area (Å²) in [5.74, 6) is -0.0593. The van der Waals surface area contributed by atoms with Crippen LogP contribution in [0.5, 0.6) is 5.75 Å². The molecule has 0 saturated heterocycles. The van der Waals surface area contributed by atoms with Crippen LogP contribution in [0.25, 0.3) is 0 Å². The zero-order valence-corrected chi connectivity index (χ0v) is 16.8. The monoisotopic (exact) mass is 400 g/mol. The molecule has 0 fully saturated rings. The Balaban J connectivity index is 1.92. The number of nitrogens with zero attached hydrogens (tertiary/aromatic N) is 2. The molecule has 0 heterocycles. The van der Waals surface area contributed by atoms with Gasteiger partial charge in [0.2, 0.25) is 11.8 Å². The number of methoxy groups -OCH3 is 1. The van der Waals surface area contributed by atoms with Crippen LogP contribution >= 0.6 is 0 Å². The van der Waals surface area contributed by atoms with Crippen LogP contribution in [0.1, 0.15) is 11.1 Å². The minimum atomic E-state index is -0.534. The first-order valence-corrected chi connectivity index (χ1v) is 8.87. The second-order valence-electron chi connectivity index (χ2n) is 6.71. The molecule has 2 aromatic rings. The summed E-state index contributed by atoms with van der Waals surface area (Å²) >= 11 is 0. The summed E-state index contributed by atoms with van der Waals surface area (Å²) in [6.45, 7) is 3.46. The van der Waals surface area contributed by atoms with Crippen LogP contribution in [0.4, 0.5) is 17.1 Å². The fraction of sp³-hybridized carbons (Fsp3) is 0.300. The number of rotatable bonds is 8. The number of anilines is 2. The highest BCUT2D eigenvalue weighted by molar-refractivity contribution is 5.96. The molecule has 2 amide bonds. The Morgan fingerprint density at radius 3 is 2.14 bits per heavy atom. The minimum absolute atomic E-state index is 0.0194. The second-order valence-corrected chi connectivity index (χ2v) is 6.71. The summed E-state index contributed by atoms with van der Waals surface area (Å²) in [5, 5.41) is 16.5. The first kappa shape index (κ1) is 21.8. The van der Waals surface area contributed by atoms with Gasteiger partial charge in [-0.05, 0) is 62.4 Å². The van der Waals surface area contributed by atoms with Gasteiger partial charge in [-0.25, -0.2) is 0 Å². The molecule has 2 rings (SSSR count). The average Bonchev–Trinajstić information content (AvgIpc) is 2.64. The summed E-state index contributed by atoms with van der Waals surface area (Å²) in [6.07, 6.45) is 0. The van der Waals surface area contributed by atoms with E-state index in [0.717, 1.165) is 11.1 Å². The standard InChI is InChI=1S/C20H24N4O5/c1-13-9-17(18(24(27)28)10-14(13)2)22-20(26)12-23(3)11-19(25)21-15-5-7-16(29-4)8-6-15/h5-10H,11-12H2,1-4H3,(H,21,25)(H,22,26). The molecule has 0 aliphatic rings. The molecule has 9 nitrogen and oxygen atoms in total. The Morgan fingerprint density at radius 2 is 1.59 bits per heavy atom. The molecule has 0 saturated carbocycles. The van der Waals surface area contributed by atoms with Gasteiger partial charge in [0.15, 0.2) is 0 Å². The van der Waals surface area contributed by atoms with E-state index in [9.17, 15) is 19.7 Å². The Labute approximate surface area is 168 Å². The third kappa shape index (κ3) is 6.28. The highest BCUT2D eigenvalue weighted by atomic mass is 16.6. The molecule has 0 spiro atoms. The van der Waals surface area contributed by atoms with Gasteiger partial charge in [-0.15, -0.1) is 0 Å². The molecule has 0 aliphatic carbocycles. The maximum absolute atomic E-state index is 12.3. The summed E-state index contributed by atoms with van der Waals surface area (Å²) in [7, 11) is 3.17. The summed E-state index contributed by atoms with van der Waals surface area (Å²) in [6, 6.07) is 9.87. The highest BCUT2D eigenvalue weighted by Gasteiger charge is 2.19. The maximum Gasteiger partial charge on any atom is 0.293 e. The Bertz CT molecular complexity index is 912. The van der Waals surface area contributed by atoms with Crippen molar-refractivity contribution in [2.75, 3.05) is 37.9 Å². The number of likely N-dealkylation sites (N-methyl/N-ethyl adjacent to an activating group) is 1. The van der Waals surface area contributed by atoms with E-state index in [4.69, 9.17) is 4.74 Å². The predicted molar refractivity (Wildman–Crippen MR) is 110 cm³/mol. The highest BCUT2D eigenvalue weighted by Crippen LogP contribution is 2.27. The van der Waals surface area contributed by atoms with Crippen molar-refractivity contribution >= 4 is 28.9 Å². The Morgan fingerprint density at radius 1 is 1.03 bits per heavy atom. The summed E-state index contributed by atoms with van der Waals surface area (Å²) < 4.78 is 5.06. The molecule has 9 heteroatoms. The molecule has 0 bridgehead atoms. The first-order valence-electron chi connectivity index (χ1n) is 8.87. The topological polar surface area (TPSA) is 114 Å². The second kappa shape index (κ2) is 9.65. The van der Waals surface area contributed by atoms with Crippen molar-refractivity contribution in [3.05, 3.63) is 57.6 Å². The molecule has 29 heavy (non-hydrogen) atoms. The summed E-state index contributed by atoms with van der Waals surface area (Å²) in [5.41, 5.74) is 2.18. The van der Waals surface area contributed by atoms with Crippen LogP contribution < -0.4 is 15.4 Å². The fourth-order valence-corrected chi connectivity index (χ4v) is 2.66. The van der Waals surface area contributed by atoms with Crippen molar-refractivity contribution < 1.29 is 19.2 Å². The number of ether oxygens (including phenoxy) is 1. The van der Waals surface area contributed by atoms with Crippen molar-refractivity contribution in [1.82, 2.24) is 4.90 Å². The molecule has 0 unspecified atom stereocenters. The Hall–Kier alpha value is -3.46. The number of nitro groups is 1. The largest absolute Gasteiger partial charge is 0.497 e.